The lowest BCUT2D eigenvalue weighted by Crippen LogP contribution is -2.38. The second-order valence-electron chi connectivity index (χ2n) is 4.09. The number of hydrogen-bond donors (Lipinski definition) is 2. The first-order valence-corrected chi connectivity index (χ1v) is 6.79. The summed E-state index contributed by atoms with van der Waals surface area (Å²) in [6.45, 7) is 2.41. The zero-order valence-electron chi connectivity index (χ0n) is 8.70. The van der Waals surface area contributed by atoms with Crippen LogP contribution in [0.3, 0.4) is 0 Å². The molecule has 1 aliphatic rings. The highest BCUT2D eigenvalue weighted by Gasteiger charge is 2.21. The SMILES string of the molecule is CC(CN)S(=O)(=O)NCC1CCCC1. The van der Waals surface area contributed by atoms with Crippen molar-refractivity contribution in [1.82, 2.24) is 4.72 Å². The van der Waals surface area contributed by atoms with E-state index < -0.39 is 15.3 Å². The van der Waals surface area contributed by atoms with E-state index in [2.05, 4.69) is 4.72 Å². The Hall–Kier alpha value is -0.130. The summed E-state index contributed by atoms with van der Waals surface area (Å²) in [5.41, 5.74) is 5.32. The molecule has 1 aliphatic carbocycles. The van der Waals surface area contributed by atoms with Crippen LogP contribution in [0, 0.1) is 5.92 Å². The Morgan fingerprint density at radius 2 is 2.00 bits per heavy atom. The second-order valence-corrected chi connectivity index (χ2v) is 6.27. The Kier molecular flexibility index (Phi) is 4.34. The van der Waals surface area contributed by atoms with Crippen LogP contribution in [0.15, 0.2) is 0 Å². The molecule has 0 heterocycles. The smallest absolute Gasteiger partial charge is 0.215 e. The van der Waals surface area contributed by atoms with Gasteiger partial charge in [-0.05, 0) is 25.7 Å². The molecule has 0 spiro atoms. The highest BCUT2D eigenvalue weighted by Crippen LogP contribution is 2.23. The van der Waals surface area contributed by atoms with E-state index in [9.17, 15) is 8.42 Å². The molecule has 4 nitrogen and oxygen atoms in total. The summed E-state index contributed by atoms with van der Waals surface area (Å²) in [7, 11) is -3.17. The lowest BCUT2D eigenvalue weighted by Gasteiger charge is -2.14. The topological polar surface area (TPSA) is 72.2 Å². The molecule has 84 valence electrons. The standard InChI is InChI=1S/C9H20N2O2S/c1-8(6-10)14(12,13)11-7-9-4-2-3-5-9/h8-9,11H,2-7,10H2,1H3. The molecule has 0 bridgehead atoms. The Balaban J connectivity index is 2.35. The molecule has 0 saturated heterocycles. The predicted molar refractivity (Wildman–Crippen MR) is 57.4 cm³/mol. The van der Waals surface area contributed by atoms with Crippen molar-refractivity contribution in [2.75, 3.05) is 13.1 Å². The van der Waals surface area contributed by atoms with Crippen molar-refractivity contribution in [1.29, 1.82) is 0 Å². The Bertz CT molecular complexity index is 258. The minimum atomic E-state index is -3.17. The third kappa shape index (κ3) is 3.22. The minimum absolute atomic E-state index is 0.181. The zero-order valence-corrected chi connectivity index (χ0v) is 9.52. The van der Waals surface area contributed by atoms with E-state index in [1.54, 1.807) is 6.92 Å². The van der Waals surface area contributed by atoms with Crippen molar-refractivity contribution in [3.63, 3.8) is 0 Å². The second kappa shape index (κ2) is 5.09. The molecule has 0 aromatic rings. The quantitative estimate of drug-likeness (QED) is 0.706. The number of hydrogen-bond acceptors (Lipinski definition) is 3. The van der Waals surface area contributed by atoms with Crippen molar-refractivity contribution in [3.8, 4) is 0 Å². The van der Waals surface area contributed by atoms with E-state index in [1.807, 2.05) is 0 Å². The van der Waals surface area contributed by atoms with Crippen molar-refractivity contribution in [3.05, 3.63) is 0 Å². The van der Waals surface area contributed by atoms with E-state index in [0.717, 1.165) is 12.8 Å². The molecule has 1 fully saturated rings. The molecule has 0 aliphatic heterocycles. The minimum Gasteiger partial charge on any atom is -0.329 e. The third-order valence-corrected chi connectivity index (χ3v) is 4.73. The van der Waals surface area contributed by atoms with Gasteiger partial charge in [-0.15, -0.1) is 0 Å². The average Bonchev–Trinajstić information content (AvgIpc) is 2.66. The first-order chi connectivity index (χ1) is 6.56. The number of nitrogens with two attached hydrogens (primary N) is 1. The summed E-state index contributed by atoms with van der Waals surface area (Å²) in [5, 5.41) is -0.482. The Morgan fingerprint density at radius 3 is 2.50 bits per heavy atom. The molecule has 0 radical (unpaired) electrons. The van der Waals surface area contributed by atoms with Crippen molar-refractivity contribution >= 4 is 10.0 Å². The normalized spacial score (nSPS) is 21.3. The van der Waals surface area contributed by atoms with Crippen molar-refractivity contribution in [2.45, 2.75) is 37.9 Å². The fourth-order valence-corrected chi connectivity index (χ4v) is 2.72. The van der Waals surface area contributed by atoms with E-state index in [-0.39, 0.29) is 6.54 Å². The number of rotatable bonds is 5. The van der Waals surface area contributed by atoms with Gasteiger partial charge in [-0.1, -0.05) is 12.8 Å². The summed E-state index contributed by atoms with van der Waals surface area (Å²) < 4.78 is 25.7. The lowest BCUT2D eigenvalue weighted by molar-refractivity contribution is 0.514. The van der Waals surface area contributed by atoms with Gasteiger partial charge in [0.05, 0.1) is 5.25 Å². The van der Waals surface area contributed by atoms with Crippen LogP contribution in [-0.2, 0) is 10.0 Å². The van der Waals surface area contributed by atoms with Crippen LogP contribution >= 0.6 is 0 Å². The maximum atomic E-state index is 11.5. The monoisotopic (exact) mass is 220 g/mol. The molecule has 0 aromatic heterocycles. The zero-order chi connectivity index (χ0) is 10.6. The van der Waals surface area contributed by atoms with Gasteiger partial charge in [0.2, 0.25) is 10.0 Å². The largest absolute Gasteiger partial charge is 0.329 e. The van der Waals surface area contributed by atoms with E-state index in [4.69, 9.17) is 5.73 Å². The summed E-state index contributed by atoms with van der Waals surface area (Å²) >= 11 is 0. The molecule has 14 heavy (non-hydrogen) atoms. The molecule has 1 unspecified atom stereocenters. The van der Waals surface area contributed by atoms with Crippen LogP contribution in [0.5, 0.6) is 0 Å². The molecular weight excluding hydrogens is 200 g/mol. The van der Waals surface area contributed by atoms with Crippen LogP contribution in [0.2, 0.25) is 0 Å². The maximum absolute atomic E-state index is 11.5. The molecular formula is C9H20N2O2S. The first kappa shape index (κ1) is 11.9. The Morgan fingerprint density at radius 1 is 1.43 bits per heavy atom. The number of nitrogens with one attached hydrogen (secondary N) is 1. The fraction of sp³-hybridized carbons (Fsp3) is 1.00. The van der Waals surface area contributed by atoms with Crippen LogP contribution < -0.4 is 10.5 Å². The molecule has 1 saturated carbocycles. The van der Waals surface area contributed by atoms with Gasteiger partial charge in [-0.25, -0.2) is 13.1 Å². The first-order valence-electron chi connectivity index (χ1n) is 5.25. The van der Waals surface area contributed by atoms with Gasteiger partial charge in [0, 0.05) is 13.1 Å². The molecule has 5 heteroatoms. The van der Waals surface area contributed by atoms with Crippen LogP contribution in [-0.4, -0.2) is 26.8 Å². The molecule has 0 amide bonds. The van der Waals surface area contributed by atoms with Crippen LogP contribution in [0.1, 0.15) is 32.6 Å². The summed E-state index contributed by atoms with van der Waals surface area (Å²) in [6.07, 6.45) is 4.77. The Labute approximate surface area is 86.3 Å². The van der Waals surface area contributed by atoms with Crippen LogP contribution in [0.4, 0.5) is 0 Å². The number of sulfonamides is 1. The maximum Gasteiger partial charge on any atom is 0.215 e. The highest BCUT2D eigenvalue weighted by molar-refractivity contribution is 7.90. The van der Waals surface area contributed by atoms with Crippen molar-refractivity contribution < 1.29 is 8.42 Å². The summed E-state index contributed by atoms with van der Waals surface area (Å²) in [5.74, 6) is 0.537. The van der Waals surface area contributed by atoms with Gasteiger partial charge in [-0.3, -0.25) is 0 Å². The van der Waals surface area contributed by atoms with Gasteiger partial charge in [0.25, 0.3) is 0 Å². The van der Waals surface area contributed by atoms with E-state index in [1.165, 1.54) is 12.8 Å². The predicted octanol–water partition coefficient (Wildman–Crippen LogP) is 0.443. The van der Waals surface area contributed by atoms with Crippen molar-refractivity contribution in [2.24, 2.45) is 11.7 Å². The third-order valence-electron chi connectivity index (χ3n) is 2.91. The van der Waals surface area contributed by atoms with E-state index >= 15 is 0 Å². The summed E-state index contributed by atoms with van der Waals surface area (Å²) in [6, 6.07) is 0. The molecule has 1 rings (SSSR count). The molecule has 3 N–H and O–H groups in total. The average molecular weight is 220 g/mol. The van der Waals surface area contributed by atoms with Gasteiger partial charge >= 0.3 is 0 Å². The highest BCUT2D eigenvalue weighted by atomic mass is 32.2. The van der Waals surface area contributed by atoms with Gasteiger partial charge in [0.1, 0.15) is 0 Å². The van der Waals surface area contributed by atoms with Crippen LogP contribution in [0.25, 0.3) is 0 Å². The van der Waals surface area contributed by atoms with Gasteiger partial charge in [-0.2, -0.15) is 0 Å². The van der Waals surface area contributed by atoms with Gasteiger partial charge in [0.15, 0.2) is 0 Å². The molecule has 1 atom stereocenters. The summed E-state index contributed by atoms with van der Waals surface area (Å²) in [4.78, 5) is 0. The fourth-order valence-electron chi connectivity index (χ4n) is 1.72. The lowest BCUT2D eigenvalue weighted by atomic mass is 10.1. The molecule has 0 aromatic carbocycles. The van der Waals surface area contributed by atoms with E-state index in [0.29, 0.717) is 12.5 Å². The van der Waals surface area contributed by atoms with Gasteiger partial charge < -0.3 is 5.73 Å².